The second kappa shape index (κ2) is 6.58. The molecule has 1 aromatic rings. The Kier molecular flexibility index (Phi) is 5.25. The topological polar surface area (TPSA) is 37.4 Å². The van der Waals surface area contributed by atoms with Crippen molar-refractivity contribution in [1.82, 2.24) is 4.31 Å². The maximum Gasteiger partial charge on any atom is 0.243 e. The van der Waals surface area contributed by atoms with Crippen LogP contribution >= 0.6 is 22.6 Å². The summed E-state index contributed by atoms with van der Waals surface area (Å²) in [7, 11) is -3.43. The molecule has 1 atom stereocenters. The molecule has 0 radical (unpaired) electrons. The van der Waals surface area contributed by atoms with E-state index in [1.54, 1.807) is 16.4 Å². The predicted octanol–water partition coefficient (Wildman–Crippen LogP) is 3.88. The van der Waals surface area contributed by atoms with Crippen molar-refractivity contribution in [2.75, 3.05) is 6.54 Å². The molecule has 3 nitrogen and oxygen atoms in total. The van der Waals surface area contributed by atoms with Crippen molar-refractivity contribution in [1.29, 1.82) is 0 Å². The van der Waals surface area contributed by atoms with Crippen LogP contribution in [0.1, 0.15) is 31.2 Å². The SMILES string of the molecule is C=C(I)C1CCCCCN1S(=O)(=O)c1ccc(C)cc1. The van der Waals surface area contributed by atoms with Gasteiger partial charge in [0.25, 0.3) is 0 Å². The molecular weight excluding hydrogens is 385 g/mol. The molecule has 0 saturated carbocycles. The summed E-state index contributed by atoms with van der Waals surface area (Å²) < 4.78 is 28.2. The summed E-state index contributed by atoms with van der Waals surface area (Å²) in [4.78, 5) is 0.382. The molecule has 2 rings (SSSR count). The van der Waals surface area contributed by atoms with Gasteiger partial charge in [-0.25, -0.2) is 8.42 Å². The van der Waals surface area contributed by atoms with Crippen LogP contribution in [0.3, 0.4) is 0 Å². The van der Waals surface area contributed by atoms with Gasteiger partial charge in [0.05, 0.1) is 10.9 Å². The largest absolute Gasteiger partial charge is 0.243 e. The van der Waals surface area contributed by atoms with E-state index in [1.807, 2.05) is 19.1 Å². The summed E-state index contributed by atoms with van der Waals surface area (Å²) in [6, 6.07) is 7.01. The second-order valence-electron chi connectivity index (χ2n) is 5.24. The summed E-state index contributed by atoms with van der Waals surface area (Å²) in [5, 5.41) is 0. The third-order valence-corrected chi connectivity index (χ3v) is 6.33. The van der Waals surface area contributed by atoms with Gasteiger partial charge in [-0.15, -0.1) is 0 Å². The van der Waals surface area contributed by atoms with Crippen LogP contribution in [0, 0.1) is 6.92 Å². The predicted molar refractivity (Wildman–Crippen MR) is 90.5 cm³/mol. The molecule has 1 unspecified atom stereocenters. The fraction of sp³-hybridized carbons (Fsp3) is 0.467. The van der Waals surface area contributed by atoms with Crippen LogP contribution in [0.2, 0.25) is 0 Å². The van der Waals surface area contributed by atoms with Crippen molar-refractivity contribution in [3.05, 3.63) is 40.0 Å². The maximum atomic E-state index is 12.8. The lowest BCUT2D eigenvalue weighted by molar-refractivity contribution is 0.366. The molecule has 5 heteroatoms. The minimum Gasteiger partial charge on any atom is -0.207 e. The summed E-state index contributed by atoms with van der Waals surface area (Å²) in [6.45, 7) is 6.51. The zero-order chi connectivity index (χ0) is 14.8. The average molecular weight is 405 g/mol. The lowest BCUT2D eigenvalue weighted by Gasteiger charge is -2.28. The van der Waals surface area contributed by atoms with Crippen molar-refractivity contribution < 1.29 is 8.42 Å². The Labute approximate surface area is 135 Å². The number of sulfonamides is 1. The normalized spacial score (nSPS) is 21.4. The van der Waals surface area contributed by atoms with Crippen LogP contribution in [0.25, 0.3) is 0 Å². The zero-order valence-electron chi connectivity index (χ0n) is 11.7. The molecule has 1 aliphatic heterocycles. The number of halogens is 1. The standard InChI is InChI=1S/C15H20INO2S/c1-12-7-9-14(10-8-12)20(18,19)17-11-5-3-4-6-15(17)13(2)16/h7-10,15H,2-6,11H2,1H3. The van der Waals surface area contributed by atoms with Gasteiger partial charge in [0.2, 0.25) is 10.0 Å². The van der Waals surface area contributed by atoms with Crippen molar-refractivity contribution >= 4 is 32.6 Å². The zero-order valence-corrected chi connectivity index (χ0v) is 14.7. The van der Waals surface area contributed by atoms with Crippen molar-refractivity contribution in [3.63, 3.8) is 0 Å². The molecule has 20 heavy (non-hydrogen) atoms. The smallest absolute Gasteiger partial charge is 0.207 e. The number of hydrogen-bond acceptors (Lipinski definition) is 2. The van der Waals surface area contributed by atoms with Gasteiger partial charge >= 0.3 is 0 Å². The van der Waals surface area contributed by atoms with Crippen LogP contribution in [0.5, 0.6) is 0 Å². The molecule has 0 spiro atoms. The average Bonchev–Trinajstić information content (AvgIpc) is 2.65. The quantitative estimate of drug-likeness (QED) is 0.716. The van der Waals surface area contributed by atoms with E-state index in [9.17, 15) is 8.42 Å². The Balaban J connectivity index is 2.39. The van der Waals surface area contributed by atoms with E-state index in [4.69, 9.17) is 0 Å². The highest BCUT2D eigenvalue weighted by Crippen LogP contribution is 2.30. The molecule has 0 aliphatic carbocycles. The van der Waals surface area contributed by atoms with Crippen molar-refractivity contribution in [3.8, 4) is 0 Å². The fourth-order valence-electron chi connectivity index (χ4n) is 2.53. The first-order chi connectivity index (χ1) is 9.43. The number of rotatable bonds is 3. The number of nitrogens with zero attached hydrogens (tertiary/aromatic N) is 1. The Bertz CT molecular complexity index is 580. The number of aryl methyl sites for hydroxylation is 1. The summed E-state index contributed by atoms with van der Waals surface area (Å²) >= 11 is 2.16. The summed E-state index contributed by atoms with van der Waals surface area (Å²) in [5.74, 6) is 0. The van der Waals surface area contributed by atoms with Crippen LogP contribution in [-0.2, 0) is 10.0 Å². The lowest BCUT2D eigenvalue weighted by atomic mass is 10.1. The van der Waals surface area contributed by atoms with Crippen LogP contribution in [0.4, 0.5) is 0 Å². The van der Waals surface area contributed by atoms with Gasteiger partial charge < -0.3 is 0 Å². The molecule has 1 fully saturated rings. The third kappa shape index (κ3) is 3.43. The molecule has 1 heterocycles. The first-order valence-electron chi connectivity index (χ1n) is 6.86. The molecule has 0 amide bonds. The van der Waals surface area contributed by atoms with Gasteiger partial charge in [0, 0.05) is 10.1 Å². The van der Waals surface area contributed by atoms with E-state index in [2.05, 4.69) is 29.2 Å². The van der Waals surface area contributed by atoms with Crippen LogP contribution < -0.4 is 0 Å². The van der Waals surface area contributed by atoms with E-state index in [-0.39, 0.29) is 6.04 Å². The van der Waals surface area contributed by atoms with E-state index in [0.717, 1.165) is 34.8 Å². The van der Waals surface area contributed by atoms with E-state index in [1.165, 1.54) is 0 Å². The van der Waals surface area contributed by atoms with Gasteiger partial charge in [-0.1, -0.05) is 37.1 Å². The van der Waals surface area contributed by atoms with Gasteiger partial charge in [0.1, 0.15) is 0 Å². The van der Waals surface area contributed by atoms with E-state index < -0.39 is 10.0 Å². The molecular formula is C15H20INO2S. The Morgan fingerprint density at radius 1 is 1.25 bits per heavy atom. The van der Waals surface area contributed by atoms with E-state index >= 15 is 0 Å². The van der Waals surface area contributed by atoms with Crippen LogP contribution in [0.15, 0.2) is 39.3 Å². The van der Waals surface area contributed by atoms with Crippen molar-refractivity contribution in [2.45, 2.75) is 43.5 Å². The lowest BCUT2D eigenvalue weighted by Crippen LogP contribution is -2.40. The first-order valence-corrected chi connectivity index (χ1v) is 9.37. The first kappa shape index (κ1) is 16.0. The minimum atomic E-state index is -3.43. The number of hydrogen-bond donors (Lipinski definition) is 0. The Morgan fingerprint density at radius 2 is 1.90 bits per heavy atom. The molecule has 1 aromatic carbocycles. The highest BCUT2D eigenvalue weighted by molar-refractivity contribution is 14.1. The minimum absolute atomic E-state index is 0.0793. The summed E-state index contributed by atoms with van der Waals surface area (Å²) in [5.41, 5.74) is 1.06. The molecule has 0 bridgehead atoms. The Morgan fingerprint density at radius 3 is 2.50 bits per heavy atom. The van der Waals surface area contributed by atoms with Crippen LogP contribution in [-0.4, -0.2) is 25.3 Å². The highest BCUT2D eigenvalue weighted by atomic mass is 127. The van der Waals surface area contributed by atoms with E-state index in [0.29, 0.717) is 11.4 Å². The maximum absolute atomic E-state index is 12.8. The molecule has 0 N–H and O–H groups in total. The Hall–Kier alpha value is -0.400. The van der Waals surface area contributed by atoms with Gasteiger partial charge in [0.15, 0.2) is 0 Å². The fourth-order valence-corrected chi connectivity index (χ4v) is 5.05. The van der Waals surface area contributed by atoms with Gasteiger partial charge in [-0.2, -0.15) is 4.31 Å². The molecule has 0 aromatic heterocycles. The van der Waals surface area contributed by atoms with Crippen molar-refractivity contribution in [2.24, 2.45) is 0 Å². The monoisotopic (exact) mass is 405 g/mol. The molecule has 1 saturated heterocycles. The second-order valence-corrected chi connectivity index (χ2v) is 8.52. The molecule has 110 valence electrons. The van der Waals surface area contributed by atoms with Gasteiger partial charge in [-0.05, 0) is 54.5 Å². The third-order valence-electron chi connectivity index (χ3n) is 3.69. The van der Waals surface area contributed by atoms with Gasteiger partial charge in [-0.3, -0.25) is 0 Å². The summed E-state index contributed by atoms with van der Waals surface area (Å²) in [6.07, 6.45) is 3.94. The highest BCUT2D eigenvalue weighted by Gasteiger charge is 2.33. The number of benzene rings is 1. The molecule has 1 aliphatic rings.